The smallest absolute Gasteiger partial charge is 0.137 e. The van der Waals surface area contributed by atoms with Crippen LogP contribution in [0, 0.1) is 0 Å². The lowest BCUT2D eigenvalue weighted by molar-refractivity contribution is 0.669. The van der Waals surface area contributed by atoms with Crippen LogP contribution in [0.2, 0.25) is 0 Å². The van der Waals surface area contributed by atoms with Crippen LogP contribution in [0.4, 0.5) is 17.1 Å². The highest BCUT2D eigenvalue weighted by atomic mass is 16.3. The van der Waals surface area contributed by atoms with Gasteiger partial charge in [0.1, 0.15) is 11.2 Å². The number of fused-ring (bicyclic) bond motifs is 4. The number of para-hydroxylation sites is 1. The molecule has 2 heteroatoms. The van der Waals surface area contributed by atoms with E-state index in [1.807, 2.05) is 6.07 Å². The average Bonchev–Trinajstić information content (AvgIpc) is 3.72. The van der Waals surface area contributed by atoms with E-state index in [0.29, 0.717) is 0 Å². The molecule has 10 aromatic carbocycles. The van der Waals surface area contributed by atoms with E-state index in [4.69, 9.17) is 4.42 Å². The van der Waals surface area contributed by atoms with Crippen LogP contribution in [-0.4, -0.2) is 0 Å². The molecule has 0 radical (unpaired) electrons. The molecule has 0 saturated heterocycles. The van der Waals surface area contributed by atoms with Crippen LogP contribution in [0.1, 0.15) is 0 Å². The fourth-order valence-electron chi connectivity index (χ4n) is 8.61. The normalized spacial score (nSPS) is 11.3. The first-order valence-electron chi connectivity index (χ1n) is 20.5. The summed E-state index contributed by atoms with van der Waals surface area (Å²) in [6.07, 6.45) is 0. The summed E-state index contributed by atoms with van der Waals surface area (Å²) in [7, 11) is 0. The second-order valence-corrected chi connectivity index (χ2v) is 15.4. The molecule has 0 amide bonds. The number of hydrogen-bond donors (Lipinski definition) is 0. The Morgan fingerprint density at radius 3 is 1.43 bits per heavy atom. The highest BCUT2D eigenvalue weighted by molar-refractivity contribution is 6.13. The lowest BCUT2D eigenvalue weighted by atomic mass is 9.96. The van der Waals surface area contributed by atoms with E-state index in [0.717, 1.165) is 55.7 Å². The summed E-state index contributed by atoms with van der Waals surface area (Å²) >= 11 is 0. The predicted molar refractivity (Wildman–Crippen MR) is 253 cm³/mol. The number of benzene rings is 10. The minimum absolute atomic E-state index is 0.862. The van der Waals surface area contributed by atoms with E-state index in [1.54, 1.807) is 0 Å². The van der Waals surface area contributed by atoms with Crippen LogP contribution in [0.3, 0.4) is 0 Å². The van der Waals surface area contributed by atoms with Gasteiger partial charge in [-0.2, -0.15) is 0 Å². The zero-order chi connectivity index (χ0) is 39.8. The van der Waals surface area contributed by atoms with Gasteiger partial charge in [-0.05, 0) is 127 Å². The van der Waals surface area contributed by atoms with Crippen LogP contribution in [-0.2, 0) is 0 Å². The molecule has 282 valence electrons. The largest absolute Gasteiger partial charge is 0.456 e. The predicted octanol–water partition coefficient (Wildman–Crippen LogP) is 16.5. The molecule has 0 fully saturated rings. The molecule has 60 heavy (non-hydrogen) atoms. The quantitative estimate of drug-likeness (QED) is 0.153. The molecule has 0 saturated carbocycles. The van der Waals surface area contributed by atoms with Crippen molar-refractivity contribution in [3.63, 3.8) is 0 Å². The molecule has 0 aliphatic carbocycles. The zero-order valence-corrected chi connectivity index (χ0v) is 32.9. The van der Waals surface area contributed by atoms with Gasteiger partial charge in [0.25, 0.3) is 0 Å². The maximum Gasteiger partial charge on any atom is 0.137 e. The first-order chi connectivity index (χ1) is 29.7. The van der Waals surface area contributed by atoms with E-state index in [2.05, 4.69) is 235 Å². The number of anilines is 3. The summed E-state index contributed by atoms with van der Waals surface area (Å²) in [6.45, 7) is 0. The Labute approximate surface area is 349 Å². The Morgan fingerprint density at radius 1 is 0.267 bits per heavy atom. The monoisotopic (exact) mass is 765 g/mol. The van der Waals surface area contributed by atoms with Gasteiger partial charge < -0.3 is 9.32 Å². The number of furan rings is 1. The summed E-state index contributed by atoms with van der Waals surface area (Å²) < 4.78 is 6.44. The maximum absolute atomic E-state index is 6.44. The minimum atomic E-state index is 0.862. The van der Waals surface area contributed by atoms with E-state index < -0.39 is 0 Å². The van der Waals surface area contributed by atoms with Gasteiger partial charge in [-0.25, -0.2) is 0 Å². The lowest BCUT2D eigenvalue weighted by Crippen LogP contribution is -2.10. The van der Waals surface area contributed by atoms with E-state index >= 15 is 0 Å². The van der Waals surface area contributed by atoms with Gasteiger partial charge in [0.05, 0.1) is 11.1 Å². The standard InChI is InChI=1S/C58H39NO/c1-3-13-40(14-4-1)50-37-51(41-15-5-2-6-16-41)39-53(38-50)59(55-22-12-24-57-58(55)54-21-9-10-23-56(54)60-57)52-33-31-44(32-34-52)43-25-27-45(28-26-43)47-19-11-20-48(35-47)49-30-29-42-17-7-8-18-46(42)36-49/h1-39H. The molecule has 0 atom stereocenters. The van der Waals surface area contributed by atoms with Crippen molar-refractivity contribution in [3.8, 4) is 55.6 Å². The fraction of sp³-hybridized carbons (Fsp3) is 0. The highest BCUT2D eigenvalue weighted by Crippen LogP contribution is 2.45. The molecule has 0 aliphatic rings. The molecule has 11 aromatic rings. The topological polar surface area (TPSA) is 16.4 Å². The molecule has 0 bridgehead atoms. The molecule has 0 aliphatic heterocycles. The number of hydrogen-bond acceptors (Lipinski definition) is 2. The SMILES string of the molecule is c1ccc(-c2cc(-c3ccccc3)cc(N(c3ccc(-c4ccc(-c5cccc(-c6ccc7ccccc7c6)c5)cc4)cc3)c3cccc4oc5ccccc5c34)c2)cc1. The van der Waals surface area contributed by atoms with Gasteiger partial charge in [-0.15, -0.1) is 0 Å². The van der Waals surface area contributed by atoms with Crippen molar-refractivity contribution in [2.24, 2.45) is 0 Å². The molecule has 2 nitrogen and oxygen atoms in total. The van der Waals surface area contributed by atoms with Crippen LogP contribution in [0.15, 0.2) is 241 Å². The third kappa shape index (κ3) is 6.61. The number of nitrogens with zero attached hydrogens (tertiary/aromatic N) is 1. The van der Waals surface area contributed by atoms with Crippen molar-refractivity contribution >= 4 is 49.8 Å². The van der Waals surface area contributed by atoms with Gasteiger partial charge >= 0.3 is 0 Å². The van der Waals surface area contributed by atoms with E-state index in [1.165, 1.54) is 49.7 Å². The highest BCUT2D eigenvalue weighted by Gasteiger charge is 2.21. The van der Waals surface area contributed by atoms with Crippen molar-refractivity contribution in [1.29, 1.82) is 0 Å². The van der Waals surface area contributed by atoms with Gasteiger partial charge in [-0.1, -0.05) is 176 Å². The molecule has 0 N–H and O–H groups in total. The molecular weight excluding hydrogens is 727 g/mol. The van der Waals surface area contributed by atoms with Crippen molar-refractivity contribution < 1.29 is 4.42 Å². The minimum Gasteiger partial charge on any atom is -0.456 e. The Bertz CT molecular complexity index is 3230. The molecule has 0 spiro atoms. The van der Waals surface area contributed by atoms with E-state index in [9.17, 15) is 0 Å². The number of rotatable bonds is 8. The average molecular weight is 766 g/mol. The Morgan fingerprint density at radius 2 is 0.733 bits per heavy atom. The summed E-state index contributed by atoms with van der Waals surface area (Å²) in [6, 6.07) is 84.9. The molecular formula is C58H39NO. The first-order valence-corrected chi connectivity index (χ1v) is 20.5. The third-order valence-corrected chi connectivity index (χ3v) is 11.6. The Balaban J connectivity index is 0.991. The van der Waals surface area contributed by atoms with Gasteiger partial charge in [0.2, 0.25) is 0 Å². The molecule has 11 rings (SSSR count). The summed E-state index contributed by atoms with van der Waals surface area (Å²) in [5, 5.41) is 4.69. The second kappa shape index (κ2) is 15.1. The second-order valence-electron chi connectivity index (χ2n) is 15.4. The molecule has 0 unspecified atom stereocenters. The van der Waals surface area contributed by atoms with Crippen molar-refractivity contribution in [2.45, 2.75) is 0 Å². The zero-order valence-electron chi connectivity index (χ0n) is 32.9. The molecule has 1 heterocycles. The van der Waals surface area contributed by atoms with Crippen molar-refractivity contribution in [2.75, 3.05) is 4.90 Å². The summed E-state index contributed by atoms with van der Waals surface area (Å²) in [5.74, 6) is 0. The van der Waals surface area contributed by atoms with Crippen LogP contribution < -0.4 is 4.90 Å². The van der Waals surface area contributed by atoms with E-state index in [-0.39, 0.29) is 0 Å². The summed E-state index contributed by atoms with van der Waals surface area (Å²) in [4.78, 5) is 2.39. The van der Waals surface area contributed by atoms with Crippen LogP contribution in [0.5, 0.6) is 0 Å². The van der Waals surface area contributed by atoms with Crippen LogP contribution >= 0.6 is 0 Å². The maximum atomic E-state index is 6.44. The Hall–Kier alpha value is -7.94. The summed E-state index contributed by atoms with van der Waals surface area (Å²) in [5.41, 5.74) is 16.7. The lowest BCUT2D eigenvalue weighted by Gasteiger charge is -2.28. The third-order valence-electron chi connectivity index (χ3n) is 11.6. The molecule has 1 aromatic heterocycles. The van der Waals surface area contributed by atoms with Crippen molar-refractivity contribution in [3.05, 3.63) is 237 Å². The van der Waals surface area contributed by atoms with Gasteiger partial charge in [0, 0.05) is 16.8 Å². The van der Waals surface area contributed by atoms with Crippen molar-refractivity contribution in [1.82, 2.24) is 0 Å². The van der Waals surface area contributed by atoms with Crippen LogP contribution in [0.25, 0.3) is 88.3 Å². The van der Waals surface area contributed by atoms with Gasteiger partial charge in [-0.3, -0.25) is 0 Å². The fourth-order valence-corrected chi connectivity index (χ4v) is 8.61. The first kappa shape index (κ1) is 35.2. The Kier molecular flexibility index (Phi) is 8.87. The van der Waals surface area contributed by atoms with Gasteiger partial charge in [0.15, 0.2) is 0 Å².